The van der Waals surface area contributed by atoms with Crippen LogP contribution in [0.1, 0.15) is 12.5 Å². The number of amides is 1. The zero-order valence-corrected chi connectivity index (χ0v) is 11.1. The lowest BCUT2D eigenvalue weighted by molar-refractivity contribution is -0.130. The van der Waals surface area contributed by atoms with Gasteiger partial charge >= 0.3 is 0 Å². The highest BCUT2D eigenvalue weighted by Crippen LogP contribution is 2.19. The van der Waals surface area contributed by atoms with Gasteiger partial charge in [0.1, 0.15) is 10.7 Å². The number of hydrogen-bond donors (Lipinski definition) is 1. The maximum absolute atomic E-state index is 11.2. The highest BCUT2D eigenvalue weighted by molar-refractivity contribution is 7.80. The van der Waals surface area contributed by atoms with Crippen molar-refractivity contribution in [1.82, 2.24) is 9.80 Å². The number of aromatic hydroxyl groups is 1. The Labute approximate surface area is 112 Å². The molecule has 1 amide bonds. The van der Waals surface area contributed by atoms with E-state index in [-0.39, 0.29) is 11.7 Å². The molecule has 0 aromatic heterocycles. The first-order chi connectivity index (χ1) is 8.59. The Bertz CT molecular complexity index is 468. The summed E-state index contributed by atoms with van der Waals surface area (Å²) in [5.41, 5.74) is 0.684. The molecule has 1 aromatic carbocycles. The predicted molar refractivity (Wildman–Crippen MR) is 73.6 cm³/mol. The Hall–Kier alpha value is -1.62. The van der Waals surface area contributed by atoms with Crippen LogP contribution in [0.15, 0.2) is 24.3 Å². The van der Waals surface area contributed by atoms with Crippen LogP contribution in [-0.4, -0.2) is 52.0 Å². The van der Waals surface area contributed by atoms with Gasteiger partial charge in [-0.3, -0.25) is 4.79 Å². The van der Waals surface area contributed by atoms with Crippen LogP contribution in [-0.2, 0) is 4.79 Å². The number of hydrogen-bond acceptors (Lipinski definition) is 3. The first-order valence-electron chi connectivity index (χ1n) is 5.92. The van der Waals surface area contributed by atoms with Gasteiger partial charge in [0.15, 0.2) is 0 Å². The van der Waals surface area contributed by atoms with E-state index in [4.69, 9.17) is 12.2 Å². The molecule has 0 saturated carbocycles. The molecule has 1 fully saturated rings. The Morgan fingerprint density at radius 2 is 1.72 bits per heavy atom. The average Bonchev–Trinajstić information content (AvgIpc) is 2.38. The minimum atomic E-state index is 0.100. The van der Waals surface area contributed by atoms with Gasteiger partial charge in [-0.05, 0) is 12.1 Å². The Morgan fingerprint density at radius 1 is 1.17 bits per heavy atom. The van der Waals surface area contributed by atoms with E-state index >= 15 is 0 Å². The summed E-state index contributed by atoms with van der Waals surface area (Å²) in [7, 11) is 0. The van der Waals surface area contributed by atoms with E-state index in [2.05, 4.69) is 0 Å². The zero-order valence-electron chi connectivity index (χ0n) is 10.3. The number of carbonyl (C=O) groups excluding carboxylic acids is 1. The molecular formula is C13H16N2O2S. The molecule has 4 nitrogen and oxygen atoms in total. The van der Waals surface area contributed by atoms with Crippen LogP contribution in [0.4, 0.5) is 0 Å². The van der Waals surface area contributed by atoms with Crippen molar-refractivity contribution < 1.29 is 9.90 Å². The van der Waals surface area contributed by atoms with Gasteiger partial charge in [-0.2, -0.15) is 0 Å². The second-order valence-corrected chi connectivity index (χ2v) is 4.70. The SMILES string of the molecule is CC(=O)N1CCN(C(=S)c2ccccc2O)CC1. The first kappa shape index (κ1) is 12.8. The molecule has 1 saturated heterocycles. The zero-order chi connectivity index (χ0) is 13.1. The highest BCUT2D eigenvalue weighted by atomic mass is 32.1. The Morgan fingerprint density at radius 3 is 2.28 bits per heavy atom. The summed E-state index contributed by atoms with van der Waals surface area (Å²) in [5, 5.41) is 9.77. The topological polar surface area (TPSA) is 43.8 Å². The number of phenols is 1. The molecule has 0 atom stereocenters. The summed E-state index contributed by atoms with van der Waals surface area (Å²) in [6.07, 6.45) is 0. The third kappa shape index (κ3) is 2.61. The lowest BCUT2D eigenvalue weighted by Crippen LogP contribution is -2.49. The maximum Gasteiger partial charge on any atom is 0.219 e. The summed E-state index contributed by atoms with van der Waals surface area (Å²) in [6, 6.07) is 7.07. The fraction of sp³-hybridized carbons (Fsp3) is 0.385. The summed E-state index contributed by atoms with van der Waals surface area (Å²) in [5.74, 6) is 0.305. The smallest absolute Gasteiger partial charge is 0.219 e. The molecule has 0 spiro atoms. The molecule has 18 heavy (non-hydrogen) atoms. The number of benzene rings is 1. The molecule has 96 valence electrons. The molecule has 5 heteroatoms. The third-order valence-corrected chi connectivity index (χ3v) is 3.62. The number of para-hydroxylation sites is 1. The standard InChI is InChI=1S/C13H16N2O2S/c1-10(16)14-6-8-15(9-7-14)13(18)11-4-2-3-5-12(11)17/h2-5,17H,6-9H2,1H3. The van der Waals surface area contributed by atoms with Crippen LogP contribution in [0.2, 0.25) is 0 Å². The van der Waals surface area contributed by atoms with E-state index in [1.807, 2.05) is 21.9 Å². The molecule has 0 unspecified atom stereocenters. The molecular weight excluding hydrogens is 248 g/mol. The Kier molecular flexibility index (Phi) is 3.81. The number of phenolic OH excluding ortho intramolecular Hbond substituents is 1. The molecule has 1 heterocycles. The highest BCUT2D eigenvalue weighted by Gasteiger charge is 2.21. The molecule has 2 rings (SSSR count). The van der Waals surface area contributed by atoms with Crippen molar-refractivity contribution >= 4 is 23.1 Å². The van der Waals surface area contributed by atoms with E-state index in [1.165, 1.54) is 0 Å². The second-order valence-electron chi connectivity index (χ2n) is 4.32. The molecule has 0 aliphatic carbocycles. The van der Waals surface area contributed by atoms with Crippen LogP contribution < -0.4 is 0 Å². The monoisotopic (exact) mass is 264 g/mol. The Balaban J connectivity index is 2.04. The average molecular weight is 264 g/mol. The first-order valence-corrected chi connectivity index (χ1v) is 6.33. The normalized spacial score (nSPS) is 15.6. The van der Waals surface area contributed by atoms with E-state index in [0.29, 0.717) is 36.7 Å². The quantitative estimate of drug-likeness (QED) is 0.775. The van der Waals surface area contributed by atoms with Gasteiger partial charge in [0, 0.05) is 33.1 Å². The molecule has 1 aromatic rings. The van der Waals surface area contributed by atoms with Gasteiger partial charge < -0.3 is 14.9 Å². The van der Waals surface area contributed by atoms with Gasteiger partial charge in [0.2, 0.25) is 5.91 Å². The van der Waals surface area contributed by atoms with Gasteiger partial charge in [-0.25, -0.2) is 0 Å². The minimum Gasteiger partial charge on any atom is -0.507 e. The van der Waals surface area contributed by atoms with Crippen LogP contribution in [0, 0.1) is 0 Å². The number of thiocarbonyl (C=S) groups is 1. The maximum atomic E-state index is 11.2. The second kappa shape index (κ2) is 5.35. The van der Waals surface area contributed by atoms with Gasteiger partial charge in [0.25, 0.3) is 0 Å². The van der Waals surface area contributed by atoms with Gasteiger partial charge in [-0.15, -0.1) is 0 Å². The van der Waals surface area contributed by atoms with E-state index in [0.717, 1.165) is 0 Å². The van der Waals surface area contributed by atoms with E-state index in [9.17, 15) is 9.90 Å². The number of carbonyl (C=O) groups is 1. The van der Waals surface area contributed by atoms with Gasteiger partial charge in [0.05, 0.1) is 5.56 Å². The summed E-state index contributed by atoms with van der Waals surface area (Å²) in [4.78, 5) is 15.7. The lowest BCUT2D eigenvalue weighted by atomic mass is 10.1. The van der Waals surface area contributed by atoms with Crippen molar-refractivity contribution in [2.24, 2.45) is 0 Å². The number of rotatable bonds is 1. The fourth-order valence-electron chi connectivity index (χ4n) is 2.05. The van der Waals surface area contributed by atoms with Crippen molar-refractivity contribution in [3.63, 3.8) is 0 Å². The third-order valence-electron chi connectivity index (χ3n) is 3.15. The largest absolute Gasteiger partial charge is 0.507 e. The van der Waals surface area contributed by atoms with Crippen molar-refractivity contribution in [2.45, 2.75) is 6.92 Å². The van der Waals surface area contributed by atoms with Crippen LogP contribution >= 0.6 is 12.2 Å². The summed E-state index contributed by atoms with van der Waals surface area (Å²) in [6.45, 7) is 4.38. The minimum absolute atomic E-state index is 0.100. The van der Waals surface area contributed by atoms with Crippen LogP contribution in [0.3, 0.4) is 0 Å². The van der Waals surface area contributed by atoms with Crippen molar-refractivity contribution in [3.05, 3.63) is 29.8 Å². The molecule has 0 bridgehead atoms. The predicted octanol–water partition coefficient (Wildman–Crippen LogP) is 1.23. The van der Waals surface area contributed by atoms with Gasteiger partial charge in [-0.1, -0.05) is 24.4 Å². The fourth-order valence-corrected chi connectivity index (χ4v) is 2.40. The molecule has 0 radical (unpaired) electrons. The lowest BCUT2D eigenvalue weighted by Gasteiger charge is -2.35. The molecule has 1 aliphatic heterocycles. The van der Waals surface area contributed by atoms with E-state index < -0.39 is 0 Å². The molecule has 1 N–H and O–H groups in total. The van der Waals surface area contributed by atoms with Crippen molar-refractivity contribution in [2.75, 3.05) is 26.2 Å². The summed E-state index contributed by atoms with van der Waals surface area (Å²) >= 11 is 5.39. The number of nitrogens with zero attached hydrogens (tertiary/aromatic N) is 2. The van der Waals surface area contributed by atoms with Crippen molar-refractivity contribution in [3.8, 4) is 5.75 Å². The van der Waals surface area contributed by atoms with E-state index in [1.54, 1.807) is 19.1 Å². The number of piperazine rings is 1. The van der Waals surface area contributed by atoms with Crippen molar-refractivity contribution in [1.29, 1.82) is 0 Å². The summed E-state index contributed by atoms with van der Waals surface area (Å²) < 4.78 is 0. The van der Waals surface area contributed by atoms with Crippen LogP contribution in [0.25, 0.3) is 0 Å². The molecule has 1 aliphatic rings. The van der Waals surface area contributed by atoms with Crippen LogP contribution in [0.5, 0.6) is 5.75 Å².